The first-order valence-corrected chi connectivity index (χ1v) is 7.96. The van der Waals surface area contributed by atoms with Crippen LogP contribution in [0.1, 0.15) is 32.1 Å². The zero-order valence-electron chi connectivity index (χ0n) is 10.7. The summed E-state index contributed by atoms with van der Waals surface area (Å²) in [6.07, 6.45) is 6.78. The van der Waals surface area contributed by atoms with Crippen LogP contribution in [0.25, 0.3) is 0 Å². The lowest BCUT2D eigenvalue weighted by atomic mass is 9.98. The van der Waals surface area contributed by atoms with Crippen molar-refractivity contribution in [1.82, 2.24) is 0 Å². The molecule has 0 heterocycles. The maximum atomic E-state index is 5.84. The Morgan fingerprint density at radius 3 is 2.00 bits per heavy atom. The summed E-state index contributed by atoms with van der Waals surface area (Å²) in [7, 11) is 2.49. The monoisotopic (exact) mass is 248 g/mol. The van der Waals surface area contributed by atoms with E-state index in [4.69, 9.17) is 18.0 Å². The van der Waals surface area contributed by atoms with Crippen molar-refractivity contribution >= 4 is 8.80 Å². The van der Waals surface area contributed by atoms with E-state index < -0.39 is 8.80 Å². The van der Waals surface area contributed by atoms with Gasteiger partial charge >= 0.3 is 8.80 Å². The van der Waals surface area contributed by atoms with E-state index in [9.17, 15) is 0 Å². The molecule has 1 saturated carbocycles. The molecule has 0 N–H and O–H groups in total. The van der Waals surface area contributed by atoms with E-state index in [1.807, 2.05) is 0 Å². The molecule has 5 heteroatoms. The predicted molar refractivity (Wildman–Crippen MR) is 64.4 cm³/mol. The minimum atomic E-state index is -2.43. The van der Waals surface area contributed by atoms with Crippen LogP contribution in [-0.2, 0) is 18.0 Å². The van der Waals surface area contributed by atoms with Gasteiger partial charge in [-0.25, -0.2) is 0 Å². The third-order valence-corrected chi connectivity index (χ3v) is 5.93. The minimum Gasteiger partial charge on any atom is -0.378 e. The quantitative estimate of drug-likeness (QED) is 0.647. The summed E-state index contributed by atoms with van der Waals surface area (Å²) >= 11 is 0. The summed E-state index contributed by atoms with van der Waals surface area (Å²) in [5, 5.41) is 0. The number of hydrogen-bond acceptors (Lipinski definition) is 4. The van der Waals surface area contributed by atoms with Crippen LogP contribution in [0.2, 0.25) is 6.04 Å². The van der Waals surface area contributed by atoms with E-state index >= 15 is 0 Å². The molecule has 0 aromatic heterocycles. The highest BCUT2D eigenvalue weighted by atomic mass is 28.4. The van der Waals surface area contributed by atoms with Crippen molar-refractivity contribution in [2.24, 2.45) is 0 Å². The molecule has 1 aliphatic carbocycles. The average Bonchev–Trinajstić information content (AvgIpc) is 2.37. The van der Waals surface area contributed by atoms with E-state index in [2.05, 4.69) is 0 Å². The van der Waals surface area contributed by atoms with Gasteiger partial charge in [0.25, 0.3) is 0 Å². The Hall–Kier alpha value is 0.0569. The molecule has 0 amide bonds. The summed E-state index contributed by atoms with van der Waals surface area (Å²) in [5.41, 5.74) is 0. The fraction of sp³-hybridized carbons (Fsp3) is 1.00. The van der Waals surface area contributed by atoms with Gasteiger partial charge in [-0.2, -0.15) is 0 Å². The fourth-order valence-electron chi connectivity index (χ4n) is 2.14. The van der Waals surface area contributed by atoms with Crippen LogP contribution < -0.4 is 0 Å². The van der Waals surface area contributed by atoms with E-state index in [0.717, 1.165) is 6.04 Å². The zero-order valence-corrected chi connectivity index (χ0v) is 11.7. The first-order valence-electron chi connectivity index (χ1n) is 6.03. The van der Waals surface area contributed by atoms with Gasteiger partial charge in [0, 0.05) is 27.4 Å². The van der Waals surface area contributed by atoms with Crippen LogP contribution >= 0.6 is 0 Å². The van der Waals surface area contributed by atoms with Gasteiger partial charge in [0.15, 0.2) is 0 Å². The summed E-state index contributed by atoms with van der Waals surface area (Å²) in [6, 6.07) is 0.729. The molecule has 0 unspecified atom stereocenters. The summed E-state index contributed by atoms with van der Waals surface area (Å²) in [5.74, 6) is 0. The van der Waals surface area contributed by atoms with Crippen molar-refractivity contribution in [2.75, 3.05) is 27.9 Å². The molecule has 0 bridgehead atoms. The van der Waals surface area contributed by atoms with Gasteiger partial charge in [0.05, 0.1) is 12.7 Å². The van der Waals surface area contributed by atoms with Gasteiger partial charge in [0.1, 0.15) is 0 Å². The lowest BCUT2D eigenvalue weighted by Gasteiger charge is -2.26. The van der Waals surface area contributed by atoms with Gasteiger partial charge in [0.2, 0.25) is 0 Å². The van der Waals surface area contributed by atoms with Gasteiger partial charge < -0.3 is 18.0 Å². The number of rotatable bonds is 7. The highest BCUT2D eigenvalue weighted by Crippen LogP contribution is 2.21. The molecule has 0 aliphatic heterocycles. The van der Waals surface area contributed by atoms with Crippen LogP contribution in [0.3, 0.4) is 0 Å². The first kappa shape index (κ1) is 14.1. The topological polar surface area (TPSA) is 36.9 Å². The van der Waals surface area contributed by atoms with Crippen LogP contribution in [0.5, 0.6) is 0 Å². The van der Waals surface area contributed by atoms with Crippen molar-refractivity contribution < 1.29 is 18.0 Å². The highest BCUT2D eigenvalue weighted by molar-refractivity contribution is 6.60. The smallest absolute Gasteiger partial charge is 0.378 e. The molecule has 0 saturated heterocycles. The summed E-state index contributed by atoms with van der Waals surface area (Å²) in [6.45, 7) is 0.673. The molecular weight excluding hydrogens is 224 g/mol. The lowest BCUT2D eigenvalue weighted by Crippen LogP contribution is -2.44. The molecule has 1 aliphatic rings. The Bertz CT molecular complexity index is 171. The summed E-state index contributed by atoms with van der Waals surface area (Å²) in [4.78, 5) is 0. The second-order valence-electron chi connectivity index (χ2n) is 4.18. The Kier molecular flexibility index (Phi) is 6.53. The minimum absolute atomic E-state index is 0.436. The van der Waals surface area contributed by atoms with E-state index in [1.54, 1.807) is 21.3 Å². The lowest BCUT2D eigenvalue weighted by molar-refractivity contribution is 0.0261. The standard InChI is InChI=1S/C11H24O4Si/c1-12-16(13-2,14-3)10-9-15-11-7-5-4-6-8-11/h11H,4-10H2,1-3H3. The molecule has 4 nitrogen and oxygen atoms in total. The Labute approximate surface area is 99.6 Å². The first-order chi connectivity index (χ1) is 7.76. The van der Waals surface area contributed by atoms with Gasteiger partial charge in [-0.15, -0.1) is 0 Å². The second-order valence-corrected chi connectivity index (χ2v) is 7.27. The molecule has 0 aromatic carbocycles. The van der Waals surface area contributed by atoms with Crippen molar-refractivity contribution in [2.45, 2.75) is 44.3 Å². The second kappa shape index (κ2) is 7.40. The fourth-order valence-corrected chi connectivity index (χ4v) is 3.62. The average molecular weight is 248 g/mol. The Morgan fingerprint density at radius 1 is 0.938 bits per heavy atom. The van der Waals surface area contributed by atoms with Gasteiger partial charge in [-0.05, 0) is 12.8 Å². The maximum absolute atomic E-state index is 5.84. The van der Waals surface area contributed by atoms with Crippen molar-refractivity contribution in [3.8, 4) is 0 Å². The molecule has 96 valence electrons. The molecule has 0 spiro atoms. The molecule has 0 atom stereocenters. The Balaban J connectivity index is 2.21. The molecule has 0 radical (unpaired) electrons. The van der Waals surface area contributed by atoms with Gasteiger partial charge in [-0.1, -0.05) is 19.3 Å². The van der Waals surface area contributed by atoms with Crippen molar-refractivity contribution in [1.29, 1.82) is 0 Å². The Morgan fingerprint density at radius 2 is 1.50 bits per heavy atom. The normalized spacial score (nSPS) is 18.9. The van der Waals surface area contributed by atoms with E-state index in [1.165, 1.54) is 32.1 Å². The van der Waals surface area contributed by atoms with Crippen LogP contribution in [0.15, 0.2) is 0 Å². The number of hydrogen-bond donors (Lipinski definition) is 0. The van der Waals surface area contributed by atoms with Crippen molar-refractivity contribution in [3.05, 3.63) is 0 Å². The van der Waals surface area contributed by atoms with E-state index in [-0.39, 0.29) is 0 Å². The van der Waals surface area contributed by atoms with Crippen LogP contribution in [0.4, 0.5) is 0 Å². The number of ether oxygens (including phenoxy) is 1. The highest BCUT2D eigenvalue weighted by Gasteiger charge is 2.37. The van der Waals surface area contributed by atoms with Crippen molar-refractivity contribution in [3.63, 3.8) is 0 Å². The predicted octanol–water partition coefficient (Wildman–Crippen LogP) is 2.21. The molecule has 16 heavy (non-hydrogen) atoms. The molecule has 1 fully saturated rings. The molecular formula is C11H24O4Si. The third-order valence-electron chi connectivity index (χ3n) is 3.25. The largest absolute Gasteiger partial charge is 0.502 e. The third kappa shape index (κ3) is 4.14. The summed E-state index contributed by atoms with van der Waals surface area (Å²) < 4.78 is 21.9. The molecule has 0 aromatic rings. The van der Waals surface area contributed by atoms with Crippen LogP contribution in [-0.4, -0.2) is 42.8 Å². The van der Waals surface area contributed by atoms with E-state index in [0.29, 0.717) is 12.7 Å². The zero-order chi connectivity index (χ0) is 11.9. The molecule has 1 rings (SSSR count). The SMILES string of the molecule is CO[Si](CCOC1CCCCC1)(OC)OC. The van der Waals surface area contributed by atoms with Gasteiger partial charge in [-0.3, -0.25) is 0 Å². The van der Waals surface area contributed by atoms with Crippen LogP contribution in [0, 0.1) is 0 Å². The maximum Gasteiger partial charge on any atom is 0.502 e.